The first-order valence-electron chi connectivity index (χ1n) is 6.04. The van der Waals surface area contributed by atoms with Crippen molar-refractivity contribution in [2.75, 3.05) is 7.11 Å². The van der Waals surface area contributed by atoms with Gasteiger partial charge >= 0.3 is 0 Å². The van der Waals surface area contributed by atoms with Gasteiger partial charge in [0.2, 0.25) is 0 Å². The van der Waals surface area contributed by atoms with Crippen LogP contribution in [-0.2, 0) is 0 Å². The molecule has 0 aliphatic heterocycles. The first kappa shape index (κ1) is 11.8. The highest BCUT2D eigenvalue weighted by atomic mass is 16.5. The summed E-state index contributed by atoms with van der Waals surface area (Å²) in [6.45, 7) is 0. The molecule has 0 spiro atoms. The molecule has 1 fully saturated rings. The number of nitriles is 1. The van der Waals surface area contributed by atoms with Crippen molar-refractivity contribution < 1.29 is 9.47 Å². The molecule has 3 nitrogen and oxygen atoms in total. The van der Waals surface area contributed by atoms with Gasteiger partial charge < -0.3 is 9.47 Å². The van der Waals surface area contributed by atoms with Crippen molar-refractivity contribution in [3.63, 3.8) is 0 Å². The van der Waals surface area contributed by atoms with Crippen molar-refractivity contribution in [3.8, 4) is 17.6 Å². The molecule has 0 aromatic heterocycles. The SMILES string of the molecule is COc1cccc(OC2CCCCC2C#N)c1. The minimum atomic E-state index is 0.0231. The molecule has 0 heterocycles. The van der Waals surface area contributed by atoms with Crippen LogP contribution in [0.4, 0.5) is 0 Å². The van der Waals surface area contributed by atoms with E-state index in [0.29, 0.717) is 0 Å². The first-order chi connectivity index (χ1) is 8.33. The van der Waals surface area contributed by atoms with E-state index in [9.17, 15) is 0 Å². The molecule has 1 aromatic carbocycles. The fourth-order valence-corrected chi connectivity index (χ4v) is 2.23. The second-order valence-electron chi connectivity index (χ2n) is 4.36. The van der Waals surface area contributed by atoms with Crippen molar-refractivity contribution >= 4 is 0 Å². The fourth-order valence-electron chi connectivity index (χ4n) is 2.23. The van der Waals surface area contributed by atoms with Gasteiger partial charge in [0.25, 0.3) is 0 Å². The summed E-state index contributed by atoms with van der Waals surface area (Å²) in [7, 11) is 1.64. The summed E-state index contributed by atoms with van der Waals surface area (Å²) >= 11 is 0. The molecule has 1 aliphatic rings. The van der Waals surface area contributed by atoms with Gasteiger partial charge in [0.05, 0.1) is 19.1 Å². The molecule has 1 saturated carbocycles. The molecule has 0 radical (unpaired) electrons. The predicted octanol–water partition coefficient (Wildman–Crippen LogP) is 3.16. The van der Waals surface area contributed by atoms with Crippen LogP contribution in [-0.4, -0.2) is 13.2 Å². The maximum Gasteiger partial charge on any atom is 0.123 e. The summed E-state index contributed by atoms with van der Waals surface area (Å²) < 4.78 is 11.1. The molecule has 3 heteroatoms. The second-order valence-corrected chi connectivity index (χ2v) is 4.36. The standard InChI is InChI=1S/C14H17NO2/c1-16-12-6-4-7-13(9-12)17-14-8-3-2-5-11(14)10-15/h4,6-7,9,11,14H,2-3,5,8H2,1H3. The zero-order chi connectivity index (χ0) is 12.1. The van der Waals surface area contributed by atoms with Gasteiger partial charge in [0.15, 0.2) is 0 Å². The lowest BCUT2D eigenvalue weighted by molar-refractivity contribution is 0.120. The molecule has 1 aliphatic carbocycles. The van der Waals surface area contributed by atoms with Crippen LogP contribution >= 0.6 is 0 Å². The molecule has 90 valence electrons. The quantitative estimate of drug-likeness (QED) is 0.802. The molecule has 0 bridgehead atoms. The van der Waals surface area contributed by atoms with Crippen LogP contribution in [0.2, 0.25) is 0 Å². The Labute approximate surface area is 102 Å². The molecule has 0 amide bonds. The Balaban J connectivity index is 2.06. The van der Waals surface area contributed by atoms with Crippen molar-refractivity contribution in [1.29, 1.82) is 5.26 Å². The summed E-state index contributed by atoms with van der Waals surface area (Å²) in [6.07, 6.45) is 4.23. The van der Waals surface area contributed by atoms with Crippen LogP contribution in [0.1, 0.15) is 25.7 Å². The van der Waals surface area contributed by atoms with Gasteiger partial charge in [0.1, 0.15) is 17.6 Å². The maximum absolute atomic E-state index is 9.09. The van der Waals surface area contributed by atoms with E-state index in [-0.39, 0.29) is 12.0 Å². The highest BCUT2D eigenvalue weighted by Crippen LogP contribution is 2.29. The van der Waals surface area contributed by atoms with E-state index in [1.165, 1.54) is 0 Å². The minimum absolute atomic E-state index is 0.0231. The molecule has 2 unspecified atom stereocenters. The fraction of sp³-hybridized carbons (Fsp3) is 0.500. The monoisotopic (exact) mass is 231 g/mol. The molecule has 2 atom stereocenters. The summed E-state index contributed by atoms with van der Waals surface area (Å²) in [4.78, 5) is 0. The highest BCUT2D eigenvalue weighted by molar-refractivity contribution is 5.33. The number of hydrogen-bond acceptors (Lipinski definition) is 3. The average Bonchev–Trinajstić information content (AvgIpc) is 2.39. The Bertz CT molecular complexity index is 411. The number of ether oxygens (including phenoxy) is 2. The van der Waals surface area contributed by atoms with Crippen LogP contribution in [0.3, 0.4) is 0 Å². The van der Waals surface area contributed by atoms with Crippen LogP contribution in [0.25, 0.3) is 0 Å². The molecule has 0 N–H and O–H groups in total. The molecular formula is C14H17NO2. The third-order valence-electron chi connectivity index (χ3n) is 3.20. The lowest BCUT2D eigenvalue weighted by Crippen LogP contribution is -2.29. The minimum Gasteiger partial charge on any atom is -0.497 e. The Morgan fingerprint density at radius 3 is 2.76 bits per heavy atom. The summed E-state index contributed by atoms with van der Waals surface area (Å²) in [5, 5.41) is 9.09. The predicted molar refractivity (Wildman–Crippen MR) is 65.0 cm³/mol. The van der Waals surface area contributed by atoms with Crippen molar-refractivity contribution in [2.24, 2.45) is 5.92 Å². The first-order valence-corrected chi connectivity index (χ1v) is 6.04. The van der Waals surface area contributed by atoms with Crippen LogP contribution in [0.15, 0.2) is 24.3 Å². The van der Waals surface area contributed by atoms with E-state index >= 15 is 0 Å². The van der Waals surface area contributed by atoms with Gasteiger partial charge in [-0.25, -0.2) is 0 Å². The number of hydrogen-bond donors (Lipinski definition) is 0. The van der Waals surface area contributed by atoms with Gasteiger partial charge in [-0.1, -0.05) is 12.5 Å². The summed E-state index contributed by atoms with van der Waals surface area (Å²) in [6, 6.07) is 9.90. The van der Waals surface area contributed by atoms with Crippen molar-refractivity contribution in [3.05, 3.63) is 24.3 Å². The summed E-state index contributed by atoms with van der Waals surface area (Å²) in [5.41, 5.74) is 0. The van der Waals surface area contributed by atoms with Crippen LogP contribution < -0.4 is 9.47 Å². The summed E-state index contributed by atoms with van der Waals surface area (Å²) in [5.74, 6) is 1.60. The maximum atomic E-state index is 9.09. The van der Waals surface area contributed by atoms with E-state index in [0.717, 1.165) is 37.2 Å². The van der Waals surface area contributed by atoms with Crippen molar-refractivity contribution in [2.45, 2.75) is 31.8 Å². The third-order valence-corrected chi connectivity index (χ3v) is 3.20. The smallest absolute Gasteiger partial charge is 0.123 e. The number of nitrogens with zero attached hydrogens (tertiary/aromatic N) is 1. The van der Waals surface area contributed by atoms with Gasteiger partial charge in [-0.2, -0.15) is 5.26 Å². The Hall–Kier alpha value is -1.69. The average molecular weight is 231 g/mol. The topological polar surface area (TPSA) is 42.2 Å². The molecular weight excluding hydrogens is 214 g/mol. The van der Waals surface area contributed by atoms with Gasteiger partial charge in [-0.05, 0) is 31.4 Å². The van der Waals surface area contributed by atoms with E-state index in [1.54, 1.807) is 7.11 Å². The number of rotatable bonds is 3. The highest BCUT2D eigenvalue weighted by Gasteiger charge is 2.26. The van der Waals surface area contributed by atoms with Crippen molar-refractivity contribution in [1.82, 2.24) is 0 Å². The lowest BCUT2D eigenvalue weighted by atomic mass is 9.87. The zero-order valence-electron chi connectivity index (χ0n) is 10.1. The van der Waals surface area contributed by atoms with Gasteiger partial charge in [-0.15, -0.1) is 0 Å². The molecule has 17 heavy (non-hydrogen) atoms. The largest absolute Gasteiger partial charge is 0.497 e. The van der Waals surface area contributed by atoms with E-state index in [1.807, 2.05) is 24.3 Å². The van der Waals surface area contributed by atoms with Crippen LogP contribution in [0.5, 0.6) is 11.5 Å². The number of benzene rings is 1. The third kappa shape index (κ3) is 2.91. The molecule has 1 aromatic rings. The van der Waals surface area contributed by atoms with Gasteiger partial charge in [-0.3, -0.25) is 0 Å². The van der Waals surface area contributed by atoms with E-state index in [2.05, 4.69) is 6.07 Å². The van der Waals surface area contributed by atoms with E-state index < -0.39 is 0 Å². The second kappa shape index (κ2) is 5.58. The Morgan fingerprint density at radius 1 is 1.24 bits per heavy atom. The Kier molecular flexibility index (Phi) is 3.87. The van der Waals surface area contributed by atoms with Gasteiger partial charge in [0, 0.05) is 6.07 Å². The lowest BCUT2D eigenvalue weighted by Gasteiger charge is -2.27. The zero-order valence-corrected chi connectivity index (χ0v) is 10.1. The van der Waals surface area contributed by atoms with E-state index in [4.69, 9.17) is 14.7 Å². The Morgan fingerprint density at radius 2 is 2.00 bits per heavy atom. The molecule has 0 saturated heterocycles. The normalized spacial score (nSPS) is 23.8. The molecule has 2 rings (SSSR count). The van der Waals surface area contributed by atoms with Crippen LogP contribution in [0, 0.1) is 17.2 Å². The number of methoxy groups -OCH3 is 1.